The van der Waals surface area contributed by atoms with Crippen molar-refractivity contribution in [2.45, 2.75) is 161 Å². The van der Waals surface area contributed by atoms with Crippen molar-refractivity contribution in [3.8, 4) is 0 Å². The lowest BCUT2D eigenvalue weighted by molar-refractivity contribution is -0.144. The molecular weight excluding hydrogens is 835 g/mol. The van der Waals surface area contributed by atoms with E-state index < -0.39 is 0 Å². The Labute approximate surface area is 410 Å². The first-order chi connectivity index (χ1) is 32.7. The molecule has 0 N–H and O–H groups in total. The maximum Gasteiger partial charge on any atom is 0.410 e. The molecule has 0 radical (unpaired) electrons. The molecular formula is C58H95N3O6. The predicted octanol–water partition coefficient (Wildman–Crippen LogP) is 14.2. The molecule has 0 aromatic carbocycles. The van der Waals surface area contributed by atoms with Crippen LogP contribution in [-0.4, -0.2) is 106 Å². The number of unbranched alkanes of at least 4 members (excludes halogenated alkanes) is 2. The van der Waals surface area contributed by atoms with Gasteiger partial charge in [-0.2, -0.15) is 0 Å². The van der Waals surface area contributed by atoms with E-state index in [1.165, 1.54) is 0 Å². The molecule has 0 heterocycles. The van der Waals surface area contributed by atoms with Crippen LogP contribution in [0.1, 0.15) is 155 Å². The summed E-state index contributed by atoms with van der Waals surface area (Å²) >= 11 is 0. The molecule has 0 atom stereocenters. The Morgan fingerprint density at radius 2 is 0.716 bits per heavy atom. The van der Waals surface area contributed by atoms with Gasteiger partial charge in [-0.3, -0.25) is 9.59 Å². The van der Waals surface area contributed by atoms with Crippen molar-refractivity contribution in [3.05, 3.63) is 122 Å². The van der Waals surface area contributed by atoms with Gasteiger partial charge < -0.3 is 28.9 Å². The maximum absolute atomic E-state index is 13.5. The van der Waals surface area contributed by atoms with Crippen LogP contribution in [-0.2, 0) is 23.8 Å². The smallest absolute Gasteiger partial charge is 0.410 e. The van der Waals surface area contributed by atoms with Crippen LogP contribution in [0, 0.1) is 0 Å². The van der Waals surface area contributed by atoms with Gasteiger partial charge in [-0.15, -0.1) is 0 Å². The average molecular weight is 930 g/mol. The molecule has 0 saturated heterocycles. The van der Waals surface area contributed by atoms with E-state index in [0.717, 1.165) is 116 Å². The number of nitrogens with zero attached hydrogens (tertiary/aromatic N) is 3. The summed E-state index contributed by atoms with van der Waals surface area (Å²) < 4.78 is 17.2. The van der Waals surface area contributed by atoms with E-state index in [-0.39, 0.29) is 37.3 Å². The standard InChI is InChI=1S/C58H95N3O6/c1-7-9-11-13-15-17-19-21-23-25-27-29-31-33-35-37-39-47-56(62)65-53-41-45-55(67-58(64)61(51-43-49-59(3)4)52-44-50-60(5)6)46-42-54-66-57(63)48-40-38-36-34-32-30-28-26-24-22-20-18-16-14-12-10-8-2/h9-12,15-18,21-24,27-30,33-36,55H,7-8,13-14,19-20,25-26,31-32,37-54H2,1-6H3/b11-9-,12-10-,17-15-,18-16-,23-21-,24-22-,29-27-,30-28-,35-33-,36-34-. The van der Waals surface area contributed by atoms with Gasteiger partial charge in [-0.25, -0.2) is 4.79 Å². The van der Waals surface area contributed by atoms with Crippen LogP contribution in [0.4, 0.5) is 4.79 Å². The molecule has 0 rings (SSSR count). The number of esters is 2. The molecule has 0 unspecified atom stereocenters. The molecule has 0 bridgehead atoms. The van der Waals surface area contributed by atoms with Crippen molar-refractivity contribution >= 4 is 18.0 Å². The summed E-state index contributed by atoms with van der Waals surface area (Å²) in [5, 5.41) is 0. The molecule has 0 fully saturated rings. The van der Waals surface area contributed by atoms with Crippen LogP contribution in [0.3, 0.4) is 0 Å². The lowest BCUT2D eigenvalue weighted by Gasteiger charge is -2.27. The number of hydrogen-bond acceptors (Lipinski definition) is 8. The number of carbonyl (C=O) groups is 3. The van der Waals surface area contributed by atoms with E-state index in [2.05, 4.69) is 145 Å². The van der Waals surface area contributed by atoms with Gasteiger partial charge in [0.1, 0.15) is 6.10 Å². The highest BCUT2D eigenvalue weighted by Crippen LogP contribution is 2.14. The molecule has 0 spiro atoms. The van der Waals surface area contributed by atoms with Crippen LogP contribution in [0.5, 0.6) is 0 Å². The Morgan fingerprint density at radius 3 is 1.03 bits per heavy atom. The highest BCUT2D eigenvalue weighted by atomic mass is 16.6. The SMILES string of the molecule is CC/C=C\C/C=C\C/C=C\C/C=C\C/C=C\CCCC(=O)OCCCC(CCCOC(=O)CCC/C=C\C/C=C\C/C=C\C/C=C\C/C=C\CC)OC(=O)N(CCCN(C)C)CCCN(C)C. The molecule has 9 nitrogen and oxygen atoms in total. The molecule has 0 aliphatic heterocycles. The Bertz CT molecular complexity index is 1400. The summed E-state index contributed by atoms with van der Waals surface area (Å²) in [5.74, 6) is -0.413. The third-order valence-electron chi connectivity index (χ3n) is 10.3. The van der Waals surface area contributed by atoms with Gasteiger partial charge in [-0.1, -0.05) is 135 Å². The first kappa shape index (κ1) is 62.5. The highest BCUT2D eigenvalue weighted by Gasteiger charge is 2.21. The molecule has 1 amide bonds. The van der Waals surface area contributed by atoms with Crippen molar-refractivity contribution < 1.29 is 28.6 Å². The third-order valence-corrected chi connectivity index (χ3v) is 10.3. The molecule has 378 valence electrons. The Hall–Kier alpha value is -4.47. The van der Waals surface area contributed by atoms with Crippen molar-refractivity contribution in [1.29, 1.82) is 0 Å². The fourth-order valence-electron chi connectivity index (χ4n) is 6.53. The minimum absolute atomic E-state index is 0.206. The summed E-state index contributed by atoms with van der Waals surface area (Å²) in [4.78, 5) is 44.6. The van der Waals surface area contributed by atoms with Crippen molar-refractivity contribution in [2.24, 2.45) is 0 Å². The molecule has 9 heteroatoms. The van der Waals surface area contributed by atoms with Crippen LogP contribution in [0.25, 0.3) is 0 Å². The number of allylic oxidation sites excluding steroid dienone is 20. The van der Waals surface area contributed by atoms with E-state index in [9.17, 15) is 14.4 Å². The Morgan fingerprint density at radius 1 is 0.403 bits per heavy atom. The normalized spacial score (nSPS) is 12.8. The minimum Gasteiger partial charge on any atom is -0.466 e. The molecule has 0 aliphatic carbocycles. The lowest BCUT2D eigenvalue weighted by atomic mass is 10.1. The zero-order chi connectivity index (χ0) is 49.1. The van der Waals surface area contributed by atoms with Crippen molar-refractivity contribution in [3.63, 3.8) is 0 Å². The quantitative estimate of drug-likeness (QED) is 0.0259. The van der Waals surface area contributed by atoms with Gasteiger partial charge in [0.2, 0.25) is 0 Å². The summed E-state index contributed by atoms with van der Waals surface area (Å²) in [6.45, 7) is 7.83. The fraction of sp³-hybridized carbons (Fsp3) is 0.603. The third kappa shape index (κ3) is 47.8. The summed E-state index contributed by atoms with van der Waals surface area (Å²) in [5.41, 5.74) is 0. The largest absolute Gasteiger partial charge is 0.466 e. The van der Waals surface area contributed by atoms with E-state index in [4.69, 9.17) is 14.2 Å². The molecule has 0 saturated carbocycles. The number of amides is 1. The van der Waals surface area contributed by atoms with Crippen LogP contribution in [0.15, 0.2) is 122 Å². The van der Waals surface area contributed by atoms with Gasteiger partial charge in [0.15, 0.2) is 0 Å². The van der Waals surface area contributed by atoms with Crippen LogP contribution in [0.2, 0.25) is 0 Å². The Kier molecular flexibility index (Phi) is 46.1. The van der Waals surface area contributed by atoms with E-state index in [0.29, 0.717) is 51.6 Å². The van der Waals surface area contributed by atoms with Gasteiger partial charge in [-0.05, 0) is 170 Å². The average Bonchev–Trinajstić information content (AvgIpc) is 3.30. The minimum atomic E-state index is -0.374. The van der Waals surface area contributed by atoms with E-state index in [1.807, 2.05) is 33.1 Å². The van der Waals surface area contributed by atoms with Crippen LogP contribution >= 0.6 is 0 Å². The van der Waals surface area contributed by atoms with Gasteiger partial charge >= 0.3 is 18.0 Å². The highest BCUT2D eigenvalue weighted by molar-refractivity contribution is 5.69. The second-order valence-electron chi connectivity index (χ2n) is 17.2. The summed E-state index contributed by atoms with van der Waals surface area (Å²) in [7, 11) is 8.12. The number of hydrogen-bond donors (Lipinski definition) is 0. The summed E-state index contributed by atoms with van der Waals surface area (Å²) in [6, 6.07) is 0. The number of rotatable bonds is 43. The zero-order valence-corrected chi connectivity index (χ0v) is 43.2. The van der Waals surface area contributed by atoms with E-state index in [1.54, 1.807) is 0 Å². The van der Waals surface area contributed by atoms with Gasteiger partial charge in [0, 0.05) is 25.9 Å². The van der Waals surface area contributed by atoms with Gasteiger partial charge in [0.25, 0.3) is 0 Å². The Balaban J connectivity index is 4.74. The van der Waals surface area contributed by atoms with Crippen LogP contribution < -0.4 is 0 Å². The molecule has 67 heavy (non-hydrogen) atoms. The topological polar surface area (TPSA) is 88.6 Å². The fourth-order valence-corrected chi connectivity index (χ4v) is 6.53. The second kappa shape index (κ2) is 49.4. The second-order valence-corrected chi connectivity index (χ2v) is 17.2. The number of ether oxygens (including phenoxy) is 3. The summed E-state index contributed by atoms with van der Waals surface area (Å²) in [6.07, 6.45) is 60.5. The van der Waals surface area contributed by atoms with Crippen molar-refractivity contribution in [2.75, 3.05) is 67.6 Å². The maximum atomic E-state index is 13.5. The zero-order valence-electron chi connectivity index (χ0n) is 43.2. The van der Waals surface area contributed by atoms with E-state index >= 15 is 0 Å². The first-order valence-electron chi connectivity index (χ1n) is 25.8. The van der Waals surface area contributed by atoms with Gasteiger partial charge in [0.05, 0.1) is 13.2 Å². The molecule has 0 aliphatic rings. The molecule has 0 aromatic heterocycles. The predicted molar refractivity (Wildman–Crippen MR) is 285 cm³/mol. The van der Waals surface area contributed by atoms with Crippen molar-refractivity contribution in [1.82, 2.24) is 14.7 Å². The monoisotopic (exact) mass is 930 g/mol. The lowest BCUT2D eigenvalue weighted by Crippen LogP contribution is -2.38. The first-order valence-corrected chi connectivity index (χ1v) is 25.8. The molecule has 0 aromatic rings. The number of carbonyl (C=O) groups excluding carboxylic acids is 3.